The first-order chi connectivity index (χ1) is 11.9. The van der Waals surface area contributed by atoms with Crippen molar-refractivity contribution in [2.75, 3.05) is 5.32 Å². The second-order valence-electron chi connectivity index (χ2n) is 5.37. The third-order valence-corrected chi connectivity index (χ3v) is 3.66. The second kappa shape index (κ2) is 5.33. The first-order valence-electron chi connectivity index (χ1n) is 7.23. The smallest absolute Gasteiger partial charge is 0.324 e. The van der Waals surface area contributed by atoms with E-state index in [9.17, 15) is 18.0 Å². The highest BCUT2D eigenvalue weighted by atomic mass is 19.4. The van der Waals surface area contributed by atoms with E-state index in [1.54, 1.807) is 6.07 Å². The molecule has 0 unspecified atom stereocenters. The van der Waals surface area contributed by atoms with Crippen LogP contribution in [0.3, 0.4) is 0 Å². The SMILES string of the molecule is O=c1[nH]c(Nc2nc3ccccc3[nH]2)nc2cc(C(F)(F)F)ccc12. The monoisotopic (exact) mass is 345 g/mol. The van der Waals surface area contributed by atoms with Crippen molar-refractivity contribution in [3.8, 4) is 0 Å². The number of hydrogen-bond donors (Lipinski definition) is 3. The van der Waals surface area contributed by atoms with Gasteiger partial charge in [-0.1, -0.05) is 12.1 Å². The van der Waals surface area contributed by atoms with Crippen molar-refractivity contribution in [2.24, 2.45) is 0 Å². The summed E-state index contributed by atoms with van der Waals surface area (Å²) in [4.78, 5) is 25.9. The lowest BCUT2D eigenvalue weighted by Crippen LogP contribution is -2.13. The van der Waals surface area contributed by atoms with E-state index in [4.69, 9.17) is 0 Å². The van der Waals surface area contributed by atoms with Crippen molar-refractivity contribution < 1.29 is 13.2 Å². The predicted octanol–water partition coefficient (Wildman–Crippen LogP) is 3.56. The highest BCUT2D eigenvalue weighted by Gasteiger charge is 2.30. The Bertz CT molecular complexity index is 1110. The molecule has 0 bridgehead atoms. The Hall–Kier alpha value is -3.36. The molecule has 2 aromatic carbocycles. The molecule has 6 nitrogen and oxygen atoms in total. The van der Waals surface area contributed by atoms with E-state index in [-0.39, 0.29) is 16.9 Å². The van der Waals surface area contributed by atoms with Crippen LogP contribution in [0.4, 0.5) is 25.1 Å². The van der Waals surface area contributed by atoms with Crippen LogP contribution in [-0.4, -0.2) is 19.9 Å². The molecule has 0 spiro atoms. The third-order valence-electron chi connectivity index (χ3n) is 3.66. The Morgan fingerprint density at radius 1 is 0.920 bits per heavy atom. The number of nitrogens with one attached hydrogen (secondary N) is 3. The zero-order valence-electron chi connectivity index (χ0n) is 12.5. The van der Waals surface area contributed by atoms with Crippen molar-refractivity contribution in [1.29, 1.82) is 0 Å². The first kappa shape index (κ1) is 15.2. The lowest BCUT2D eigenvalue weighted by atomic mass is 10.1. The second-order valence-corrected chi connectivity index (χ2v) is 5.37. The van der Waals surface area contributed by atoms with Gasteiger partial charge in [0, 0.05) is 0 Å². The van der Waals surface area contributed by atoms with Crippen molar-refractivity contribution in [3.63, 3.8) is 0 Å². The molecule has 0 saturated heterocycles. The van der Waals surface area contributed by atoms with Gasteiger partial charge in [-0.3, -0.25) is 15.1 Å². The van der Waals surface area contributed by atoms with Crippen molar-refractivity contribution in [3.05, 3.63) is 58.4 Å². The van der Waals surface area contributed by atoms with Crippen LogP contribution < -0.4 is 10.9 Å². The first-order valence-corrected chi connectivity index (χ1v) is 7.23. The van der Waals surface area contributed by atoms with Gasteiger partial charge < -0.3 is 4.98 Å². The summed E-state index contributed by atoms with van der Waals surface area (Å²) in [6.07, 6.45) is -4.51. The van der Waals surface area contributed by atoms with E-state index in [1.165, 1.54) is 0 Å². The molecule has 4 aromatic rings. The van der Waals surface area contributed by atoms with Gasteiger partial charge >= 0.3 is 6.18 Å². The summed E-state index contributed by atoms with van der Waals surface area (Å²) in [6, 6.07) is 10.1. The number of imidazole rings is 1. The molecule has 0 amide bonds. The summed E-state index contributed by atoms with van der Waals surface area (Å²) in [5, 5.41) is 2.84. The van der Waals surface area contributed by atoms with Crippen LogP contribution in [0.25, 0.3) is 21.9 Å². The lowest BCUT2D eigenvalue weighted by molar-refractivity contribution is -0.137. The summed E-state index contributed by atoms with van der Waals surface area (Å²) >= 11 is 0. The molecular formula is C16H10F3N5O. The topological polar surface area (TPSA) is 86.5 Å². The number of anilines is 2. The molecule has 0 atom stereocenters. The molecule has 0 radical (unpaired) electrons. The van der Waals surface area contributed by atoms with Gasteiger partial charge in [-0.2, -0.15) is 13.2 Å². The number of rotatable bonds is 2. The van der Waals surface area contributed by atoms with E-state index < -0.39 is 17.3 Å². The number of aromatic nitrogens is 4. The maximum atomic E-state index is 12.8. The molecule has 0 aliphatic heterocycles. The van der Waals surface area contributed by atoms with Crippen molar-refractivity contribution in [2.45, 2.75) is 6.18 Å². The molecule has 0 aliphatic carbocycles. The number of alkyl halides is 3. The highest BCUT2D eigenvalue weighted by Crippen LogP contribution is 2.30. The van der Waals surface area contributed by atoms with Crippen LogP contribution in [0.2, 0.25) is 0 Å². The maximum Gasteiger partial charge on any atom is 0.416 e. The zero-order valence-corrected chi connectivity index (χ0v) is 12.5. The quantitative estimate of drug-likeness (QED) is 0.518. The number of nitrogens with zero attached hydrogens (tertiary/aromatic N) is 2. The summed E-state index contributed by atoms with van der Waals surface area (Å²) in [6.45, 7) is 0. The lowest BCUT2D eigenvalue weighted by Gasteiger charge is -2.08. The predicted molar refractivity (Wildman–Crippen MR) is 86.7 cm³/mol. The van der Waals surface area contributed by atoms with Crippen molar-refractivity contribution >= 4 is 33.8 Å². The van der Waals surface area contributed by atoms with Crippen LogP contribution in [0.1, 0.15) is 5.56 Å². The minimum Gasteiger partial charge on any atom is -0.324 e. The van der Waals surface area contributed by atoms with Gasteiger partial charge in [-0.15, -0.1) is 0 Å². The molecule has 2 heterocycles. The van der Waals surface area contributed by atoms with E-state index in [0.29, 0.717) is 11.5 Å². The minimum atomic E-state index is -4.51. The Balaban J connectivity index is 1.77. The van der Waals surface area contributed by atoms with Crippen molar-refractivity contribution in [1.82, 2.24) is 19.9 Å². The van der Waals surface area contributed by atoms with E-state index >= 15 is 0 Å². The van der Waals surface area contributed by atoms with Gasteiger partial charge in [0.15, 0.2) is 0 Å². The number of fused-ring (bicyclic) bond motifs is 2. The van der Waals surface area contributed by atoms with Crippen LogP contribution in [0, 0.1) is 0 Å². The number of aromatic amines is 2. The maximum absolute atomic E-state index is 12.8. The molecular weight excluding hydrogens is 335 g/mol. The summed E-state index contributed by atoms with van der Waals surface area (Å²) in [5.74, 6) is 0.312. The third kappa shape index (κ3) is 2.80. The zero-order chi connectivity index (χ0) is 17.6. The summed E-state index contributed by atoms with van der Waals surface area (Å²) < 4.78 is 38.5. The molecule has 0 fully saturated rings. The standard InChI is InChI=1S/C16H10F3N5O/c17-16(18,19)8-5-6-9-12(7-8)22-15(23-13(9)25)24-14-20-10-3-1-2-4-11(10)21-14/h1-7H,(H3,20,21,22,23,24,25). The van der Waals surface area contributed by atoms with Gasteiger partial charge in [-0.25, -0.2) is 9.97 Å². The van der Waals surface area contributed by atoms with Crippen LogP contribution in [-0.2, 0) is 6.18 Å². The Labute approximate surface area is 137 Å². The average Bonchev–Trinajstić information content (AvgIpc) is 2.95. The number of para-hydroxylation sites is 2. The molecule has 126 valence electrons. The molecule has 25 heavy (non-hydrogen) atoms. The van der Waals surface area contributed by atoms with E-state index in [2.05, 4.69) is 25.3 Å². The Morgan fingerprint density at radius 3 is 2.40 bits per heavy atom. The van der Waals surface area contributed by atoms with Crippen LogP contribution >= 0.6 is 0 Å². The fourth-order valence-corrected chi connectivity index (χ4v) is 2.50. The van der Waals surface area contributed by atoms with Gasteiger partial charge in [0.2, 0.25) is 11.9 Å². The number of halogens is 3. The number of benzene rings is 2. The van der Waals surface area contributed by atoms with E-state index in [0.717, 1.165) is 23.7 Å². The number of H-pyrrole nitrogens is 2. The van der Waals surface area contributed by atoms with Crippen LogP contribution in [0.5, 0.6) is 0 Å². The molecule has 2 aromatic heterocycles. The van der Waals surface area contributed by atoms with Gasteiger partial charge in [0.05, 0.1) is 27.5 Å². The summed E-state index contributed by atoms with van der Waals surface area (Å²) in [5.41, 5.74) is 0.00213. The molecule has 0 saturated carbocycles. The summed E-state index contributed by atoms with van der Waals surface area (Å²) in [7, 11) is 0. The van der Waals surface area contributed by atoms with Gasteiger partial charge in [-0.05, 0) is 30.3 Å². The highest BCUT2D eigenvalue weighted by molar-refractivity contribution is 5.80. The Morgan fingerprint density at radius 2 is 1.64 bits per heavy atom. The molecule has 9 heteroatoms. The number of hydrogen-bond acceptors (Lipinski definition) is 4. The minimum absolute atomic E-state index is 0.00381. The van der Waals surface area contributed by atoms with Gasteiger partial charge in [0.1, 0.15) is 0 Å². The van der Waals surface area contributed by atoms with Crippen LogP contribution in [0.15, 0.2) is 47.3 Å². The largest absolute Gasteiger partial charge is 0.416 e. The average molecular weight is 345 g/mol. The fourth-order valence-electron chi connectivity index (χ4n) is 2.50. The molecule has 3 N–H and O–H groups in total. The molecule has 0 aliphatic rings. The Kier molecular flexibility index (Phi) is 3.24. The van der Waals surface area contributed by atoms with Gasteiger partial charge in [0.25, 0.3) is 5.56 Å². The molecule has 4 rings (SSSR count). The van der Waals surface area contributed by atoms with E-state index in [1.807, 2.05) is 18.2 Å². The fraction of sp³-hybridized carbons (Fsp3) is 0.0625. The normalized spacial score (nSPS) is 12.0.